The second-order valence-electron chi connectivity index (χ2n) is 8.60. The zero-order chi connectivity index (χ0) is 20.3. The summed E-state index contributed by atoms with van der Waals surface area (Å²) in [5, 5.41) is 4.09. The Morgan fingerprint density at radius 1 is 1.18 bits per heavy atom. The highest BCUT2D eigenvalue weighted by atomic mass is 16.2. The van der Waals surface area contributed by atoms with Gasteiger partial charge in [-0.3, -0.25) is 14.3 Å². The normalized spacial score (nSPS) is 17.9. The van der Waals surface area contributed by atoms with Crippen LogP contribution in [-0.4, -0.2) is 39.5 Å². The van der Waals surface area contributed by atoms with Gasteiger partial charge in [-0.05, 0) is 29.9 Å². The molecule has 28 heavy (non-hydrogen) atoms. The van der Waals surface area contributed by atoms with Gasteiger partial charge in [0.2, 0.25) is 5.91 Å². The minimum Gasteiger partial charge on any atom is -0.338 e. The first-order valence-electron chi connectivity index (χ1n) is 9.84. The molecule has 1 aromatic carbocycles. The van der Waals surface area contributed by atoms with Gasteiger partial charge >= 0.3 is 0 Å². The Kier molecular flexibility index (Phi) is 5.82. The first-order valence-corrected chi connectivity index (χ1v) is 9.84. The predicted molar refractivity (Wildman–Crippen MR) is 111 cm³/mol. The molecule has 0 aliphatic carbocycles. The van der Waals surface area contributed by atoms with Gasteiger partial charge in [-0.25, -0.2) is 0 Å². The van der Waals surface area contributed by atoms with Crippen LogP contribution < -0.4 is 0 Å². The monoisotopic (exact) mass is 379 g/mol. The van der Waals surface area contributed by atoms with Gasteiger partial charge in [0.1, 0.15) is 0 Å². The van der Waals surface area contributed by atoms with Gasteiger partial charge in [0.25, 0.3) is 0 Å². The smallest absolute Gasteiger partial charge is 0.246 e. The standard InChI is InChI=1S/C23H29N3O2/c1-23(2,3)20-10-8-18(9-11-20)22(28)19-6-5-13-26(16-19)21(27)12-7-17-14-24-25(4)15-17/h7-12,14-15,19H,5-6,13,16H2,1-4H3/b12-7+. The zero-order valence-corrected chi connectivity index (χ0v) is 17.2. The van der Waals surface area contributed by atoms with Crippen molar-refractivity contribution in [2.24, 2.45) is 13.0 Å². The molecule has 2 heterocycles. The van der Waals surface area contributed by atoms with Gasteiger partial charge in [0.15, 0.2) is 5.78 Å². The van der Waals surface area contributed by atoms with Crippen LogP contribution in [0.5, 0.6) is 0 Å². The second kappa shape index (κ2) is 8.13. The average molecular weight is 380 g/mol. The van der Waals surface area contributed by atoms with Crippen molar-refractivity contribution in [3.63, 3.8) is 0 Å². The van der Waals surface area contributed by atoms with E-state index >= 15 is 0 Å². The lowest BCUT2D eigenvalue weighted by molar-refractivity contribution is -0.127. The molecule has 1 saturated heterocycles. The molecule has 0 bridgehead atoms. The van der Waals surface area contributed by atoms with E-state index in [-0.39, 0.29) is 23.0 Å². The van der Waals surface area contributed by atoms with Crippen LogP contribution in [0.4, 0.5) is 0 Å². The topological polar surface area (TPSA) is 55.2 Å². The lowest BCUT2D eigenvalue weighted by Gasteiger charge is -2.31. The number of likely N-dealkylation sites (tertiary alicyclic amines) is 1. The quantitative estimate of drug-likeness (QED) is 0.599. The molecule has 0 spiro atoms. The Morgan fingerprint density at radius 3 is 2.50 bits per heavy atom. The number of rotatable bonds is 4. The number of Topliss-reactive ketones (excluding diaryl/α,β-unsaturated/α-hetero) is 1. The molecule has 1 aliphatic rings. The number of benzene rings is 1. The second-order valence-corrected chi connectivity index (χ2v) is 8.60. The van der Waals surface area contributed by atoms with E-state index in [1.807, 2.05) is 37.5 Å². The van der Waals surface area contributed by atoms with Crippen LogP contribution in [0.25, 0.3) is 6.08 Å². The molecule has 3 rings (SSSR count). The summed E-state index contributed by atoms with van der Waals surface area (Å²) >= 11 is 0. The Morgan fingerprint density at radius 2 is 1.89 bits per heavy atom. The molecule has 0 N–H and O–H groups in total. The molecule has 5 nitrogen and oxygen atoms in total. The highest BCUT2D eigenvalue weighted by Crippen LogP contribution is 2.25. The van der Waals surface area contributed by atoms with Gasteiger partial charge in [0, 0.05) is 49.5 Å². The number of hydrogen-bond donors (Lipinski definition) is 0. The molecular formula is C23H29N3O2. The number of ketones is 1. The number of aromatic nitrogens is 2. The average Bonchev–Trinajstić information content (AvgIpc) is 3.10. The van der Waals surface area contributed by atoms with Crippen molar-refractivity contribution < 1.29 is 9.59 Å². The van der Waals surface area contributed by atoms with Gasteiger partial charge in [0.05, 0.1) is 6.20 Å². The largest absolute Gasteiger partial charge is 0.338 e. The van der Waals surface area contributed by atoms with Gasteiger partial charge in [-0.15, -0.1) is 0 Å². The first-order chi connectivity index (χ1) is 13.2. The summed E-state index contributed by atoms with van der Waals surface area (Å²) in [4.78, 5) is 27.3. The van der Waals surface area contributed by atoms with E-state index in [9.17, 15) is 9.59 Å². The summed E-state index contributed by atoms with van der Waals surface area (Å²) in [5.41, 5.74) is 2.90. The molecule has 2 aromatic rings. The Labute approximate surface area is 167 Å². The molecule has 0 radical (unpaired) electrons. The molecule has 148 valence electrons. The number of carbonyl (C=O) groups is 2. The molecule has 5 heteroatoms. The lowest BCUT2D eigenvalue weighted by atomic mass is 9.85. The molecule has 1 atom stereocenters. The maximum atomic E-state index is 12.9. The molecular weight excluding hydrogens is 350 g/mol. The van der Waals surface area contributed by atoms with Crippen molar-refractivity contribution in [2.45, 2.75) is 39.0 Å². The van der Waals surface area contributed by atoms with Gasteiger partial charge < -0.3 is 4.90 Å². The fourth-order valence-corrected chi connectivity index (χ4v) is 3.56. The van der Waals surface area contributed by atoms with Gasteiger partial charge in [-0.1, -0.05) is 45.0 Å². The summed E-state index contributed by atoms with van der Waals surface area (Å²) in [6.45, 7) is 7.66. The zero-order valence-electron chi connectivity index (χ0n) is 17.2. The van der Waals surface area contributed by atoms with Crippen LogP contribution in [0.3, 0.4) is 0 Å². The number of aryl methyl sites for hydroxylation is 1. The highest BCUT2D eigenvalue weighted by Gasteiger charge is 2.28. The number of piperidine rings is 1. The third-order valence-electron chi connectivity index (χ3n) is 5.28. The van der Waals surface area contributed by atoms with Crippen LogP contribution in [0.1, 0.15) is 55.1 Å². The van der Waals surface area contributed by atoms with Crippen LogP contribution in [-0.2, 0) is 17.3 Å². The Balaban J connectivity index is 1.64. The maximum absolute atomic E-state index is 12.9. The predicted octanol–water partition coefficient (Wildman–Crippen LogP) is 3.85. The summed E-state index contributed by atoms with van der Waals surface area (Å²) in [6.07, 6.45) is 8.59. The van der Waals surface area contributed by atoms with Crippen molar-refractivity contribution in [3.05, 3.63) is 59.4 Å². The highest BCUT2D eigenvalue weighted by molar-refractivity contribution is 5.99. The lowest BCUT2D eigenvalue weighted by Crippen LogP contribution is -2.41. The van der Waals surface area contributed by atoms with E-state index < -0.39 is 0 Å². The summed E-state index contributed by atoms with van der Waals surface area (Å²) in [6, 6.07) is 7.92. The third kappa shape index (κ3) is 4.77. The third-order valence-corrected chi connectivity index (χ3v) is 5.28. The van der Waals surface area contributed by atoms with Crippen LogP contribution in [0, 0.1) is 5.92 Å². The van der Waals surface area contributed by atoms with E-state index in [4.69, 9.17) is 0 Å². The number of hydrogen-bond acceptors (Lipinski definition) is 3. The van der Waals surface area contributed by atoms with Crippen molar-refractivity contribution in [2.75, 3.05) is 13.1 Å². The van der Waals surface area contributed by atoms with E-state index in [1.165, 1.54) is 5.56 Å². The fourth-order valence-electron chi connectivity index (χ4n) is 3.56. The minimum atomic E-state index is -0.134. The summed E-state index contributed by atoms with van der Waals surface area (Å²) in [5.74, 6) is -0.0522. The molecule has 0 saturated carbocycles. The van der Waals surface area contributed by atoms with Gasteiger partial charge in [-0.2, -0.15) is 5.10 Å². The van der Waals surface area contributed by atoms with Crippen molar-refractivity contribution >= 4 is 17.8 Å². The molecule has 1 fully saturated rings. The molecule has 1 amide bonds. The van der Waals surface area contributed by atoms with Crippen molar-refractivity contribution in [1.29, 1.82) is 0 Å². The fraction of sp³-hybridized carbons (Fsp3) is 0.435. The summed E-state index contributed by atoms with van der Waals surface area (Å²) in [7, 11) is 1.84. The SMILES string of the molecule is Cn1cc(/C=C/C(=O)N2CCCC(C(=O)c3ccc(C(C)(C)C)cc3)C2)cn1. The number of nitrogens with zero attached hydrogens (tertiary/aromatic N) is 3. The number of amides is 1. The molecule has 1 unspecified atom stereocenters. The Hall–Kier alpha value is -2.69. The van der Waals surface area contributed by atoms with Crippen LogP contribution in [0.2, 0.25) is 0 Å². The number of carbonyl (C=O) groups excluding carboxylic acids is 2. The Bertz CT molecular complexity index is 872. The maximum Gasteiger partial charge on any atom is 0.246 e. The summed E-state index contributed by atoms with van der Waals surface area (Å²) < 4.78 is 1.70. The molecule has 1 aromatic heterocycles. The van der Waals surface area contributed by atoms with Crippen molar-refractivity contribution in [3.8, 4) is 0 Å². The van der Waals surface area contributed by atoms with E-state index in [2.05, 4.69) is 25.9 Å². The van der Waals surface area contributed by atoms with Crippen molar-refractivity contribution in [1.82, 2.24) is 14.7 Å². The van der Waals surface area contributed by atoms with E-state index in [0.717, 1.165) is 24.0 Å². The molecule has 1 aliphatic heterocycles. The van der Waals surface area contributed by atoms with E-state index in [0.29, 0.717) is 13.1 Å². The van der Waals surface area contributed by atoms with Crippen LogP contribution >= 0.6 is 0 Å². The minimum absolute atomic E-state index is 0.0515. The van der Waals surface area contributed by atoms with Crippen LogP contribution in [0.15, 0.2) is 42.7 Å². The van der Waals surface area contributed by atoms with E-state index in [1.54, 1.807) is 27.9 Å². The first kappa shape index (κ1) is 20.1.